The number of carboxylic acids is 1. The van der Waals surface area contributed by atoms with E-state index in [2.05, 4.69) is 10.6 Å². The molecule has 0 spiro atoms. The Morgan fingerprint density at radius 1 is 0.968 bits per heavy atom. The minimum Gasteiger partial charge on any atom is -0.480 e. The summed E-state index contributed by atoms with van der Waals surface area (Å²) >= 11 is 0. The van der Waals surface area contributed by atoms with Crippen LogP contribution >= 0.6 is 0 Å². The standard InChI is InChI=1S/C23H27FN2O5/c24-19-11-7-10-18(14-19)15-20(22(28)29)26-21(27)12-5-2-6-13-25-23(30)31-16-17-8-3-1-4-9-17/h1,3-4,7-11,14,20H,2,5-6,12-13,15-16H2,(H,25,30)(H,26,27)(H,28,29)/t20-/m0/s1. The van der Waals surface area contributed by atoms with Crippen molar-refractivity contribution in [2.24, 2.45) is 0 Å². The number of carboxylic acid groups (broad SMARTS) is 1. The molecule has 0 radical (unpaired) electrons. The van der Waals surface area contributed by atoms with Gasteiger partial charge in [0.25, 0.3) is 0 Å². The van der Waals surface area contributed by atoms with Crippen LogP contribution in [0, 0.1) is 5.82 Å². The van der Waals surface area contributed by atoms with Gasteiger partial charge >= 0.3 is 12.1 Å². The number of rotatable bonds is 12. The maximum Gasteiger partial charge on any atom is 0.407 e. The van der Waals surface area contributed by atoms with Gasteiger partial charge in [0, 0.05) is 19.4 Å². The molecule has 0 aliphatic rings. The zero-order chi connectivity index (χ0) is 22.5. The van der Waals surface area contributed by atoms with Gasteiger partial charge in [-0.15, -0.1) is 0 Å². The first-order valence-corrected chi connectivity index (χ1v) is 10.1. The van der Waals surface area contributed by atoms with Crippen LogP contribution in [0.2, 0.25) is 0 Å². The normalized spacial score (nSPS) is 11.4. The number of amides is 2. The average Bonchev–Trinajstić information content (AvgIpc) is 2.75. The fourth-order valence-electron chi connectivity index (χ4n) is 2.92. The molecule has 166 valence electrons. The highest BCUT2D eigenvalue weighted by Gasteiger charge is 2.20. The molecule has 0 aliphatic heterocycles. The minimum absolute atomic E-state index is 0.00778. The van der Waals surface area contributed by atoms with Gasteiger partial charge < -0.3 is 20.5 Å². The number of carbonyl (C=O) groups excluding carboxylic acids is 2. The first-order chi connectivity index (χ1) is 14.9. The van der Waals surface area contributed by atoms with E-state index >= 15 is 0 Å². The largest absolute Gasteiger partial charge is 0.480 e. The lowest BCUT2D eigenvalue weighted by Gasteiger charge is -2.14. The quantitative estimate of drug-likeness (QED) is 0.448. The molecule has 0 aromatic heterocycles. The van der Waals surface area contributed by atoms with Crippen LogP contribution in [-0.4, -0.2) is 35.7 Å². The molecule has 2 rings (SSSR count). The summed E-state index contributed by atoms with van der Waals surface area (Å²) in [5.41, 5.74) is 1.40. The third-order valence-electron chi connectivity index (χ3n) is 4.52. The van der Waals surface area contributed by atoms with Gasteiger partial charge in [-0.1, -0.05) is 48.9 Å². The molecule has 1 atom stereocenters. The van der Waals surface area contributed by atoms with E-state index in [1.165, 1.54) is 18.2 Å². The highest BCUT2D eigenvalue weighted by Crippen LogP contribution is 2.08. The Morgan fingerprint density at radius 2 is 1.71 bits per heavy atom. The van der Waals surface area contributed by atoms with Gasteiger partial charge in [0.05, 0.1) is 0 Å². The number of aliphatic carboxylic acids is 1. The molecule has 0 unspecified atom stereocenters. The fraction of sp³-hybridized carbons (Fsp3) is 0.348. The van der Waals surface area contributed by atoms with Gasteiger partial charge in [-0.05, 0) is 36.1 Å². The van der Waals surface area contributed by atoms with Crippen LogP contribution in [0.1, 0.15) is 36.8 Å². The van der Waals surface area contributed by atoms with Gasteiger partial charge in [0.15, 0.2) is 0 Å². The number of unbranched alkanes of at least 4 members (excludes halogenated alkanes) is 2. The van der Waals surface area contributed by atoms with Gasteiger partial charge in [-0.25, -0.2) is 14.0 Å². The molecule has 2 aromatic carbocycles. The summed E-state index contributed by atoms with van der Waals surface area (Å²) in [6, 6.07) is 13.9. The fourth-order valence-corrected chi connectivity index (χ4v) is 2.92. The van der Waals surface area contributed by atoms with Crippen LogP contribution in [-0.2, 0) is 27.4 Å². The van der Waals surface area contributed by atoms with Crippen molar-refractivity contribution in [3.8, 4) is 0 Å². The van der Waals surface area contributed by atoms with Crippen molar-refractivity contribution in [3.63, 3.8) is 0 Å². The van der Waals surface area contributed by atoms with E-state index in [1.54, 1.807) is 6.07 Å². The molecular formula is C23H27FN2O5. The predicted octanol–water partition coefficient (Wildman–Crippen LogP) is 3.42. The number of benzene rings is 2. The molecule has 7 nitrogen and oxygen atoms in total. The van der Waals surface area contributed by atoms with E-state index in [1.807, 2.05) is 30.3 Å². The molecular weight excluding hydrogens is 403 g/mol. The Hall–Kier alpha value is -3.42. The van der Waals surface area contributed by atoms with Gasteiger partial charge in [-0.2, -0.15) is 0 Å². The molecule has 31 heavy (non-hydrogen) atoms. The third kappa shape index (κ3) is 9.75. The topological polar surface area (TPSA) is 105 Å². The van der Waals surface area contributed by atoms with Crippen molar-refractivity contribution in [2.45, 2.75) is 44.8 Å². The molecule has 3 N–H and O–H groups in total. The lowest BCUT2D eigenvalue weighted by Crippen LogP contribution is -2.42. The Bertz CT molecular complexity index is 860. The molecule has 0 bridgehead atoms. The van der Waals surface area contributed by atoms with Crippen LogP contribution in [0.5, 0.6) is 0 Å². The highest BCUT2D eigenvalue weighted by molar-refractivity contribution is 5.83. The van der Waals surface area contributed by atoms with Crippen LogP contribution in [0.4, 0.5) is 9.18 Å². The van der Waals surface area contributed by atoms with Crippen molar-refractivity contribution in [1.82, 2.24) is 10.6 Å². The van der Waals surface area contributed by atoms with E-state index in [9.17, 15) is 23.9 Å². The van der Waals surface area contributed by atoms with E-state index in [0.29, 0.717) is 31.4 Å². The second-order valence-electron chi connectivity index (χ2n) is 7.09. The van der Waals surface area contributed by atoms with Crippen LogP contribution in [0.3, 0.4) is 0 Å². The SMILES string of the molecule is O=C(CCCCCNC(=O)OCc1ccccc1)N[C@@H](Cc1cccc(F)c1)C(=O)O. The highest BCUT2D eigenvalue weighted by atomic mass is 19.1. The van der Waals surface area contributed by atoms with Gasteiger partial charge in [-0.3, -0.25) is 4.79 Å². The third-order valence-corrected chi connectivity index (χ3v) is 4.52. The lowest BCUT2D eigenvalue weighted by atomic mass is 10.1. The molecule has 2 aromatic rings. The molecule has 0 saturated heterocycles. The maximum absolute atomic E-state index is 13.3. The van der Waals surface area contributed by atoms with E-state index < -0.39 is 23.9 Å². The zero-order valence-electron chi connectivity index (χ0n) is 17.2. The lowest BCUT2D eigenvalue weighted by molar-refractivity contribution is -0.141. The summed E-state index contributed by atoms with van der Waals surface area (Å²) < 4.78 is 18.4. The number of ether oxygens (including phenoxy) is 1. The Balaban J connectivity index is 1.58. The smallest absolute Gasteiger partial charge is 0.407 e. The maximum atomic E-state index is 13.3. The van der Waals surface area contributed by atoms with Crippen molar-refractivity contribution in [2.75, 3.05) is 6.54 Å². The number of halogens is 1. The second kappa shape index (κ2) is 13.0. The number of nitrogens with one attached hydrogen (secondary N) is 2. The molecule has 8 heteroatoms. The number of hydrogen-bond acceptors (Lipinski definition) is 4. The predicted molar refractivity (Wildman–Crippen MR) is 113 cm³/mol. The Labute approximate surface area is 180 Å². The summed E-state index contributed by atoms with van der Waals surface area (Å²) in [6.45, 7) is 0.625. The summed E-state index contributed by atoms with van der Waals surface area (Å²) in [6.07, 6.45) is 1.59. The summed E-state index contributed by atoms with van der Waals surface area (Å²) in [4.78, 5) is 35.1. The van der Waals surface area contributed by atoms with Crippen LogP contribution < -0.4 is 10.6 Å². The van der Waals surface area contributed by atoms with Gasteiger partial charge in [0.1, 0.15) is 18.5 Å². The molecule has 2 amide bonds. The minimum atomic E-state index is -1.17. The number of hydrogen-bond donors (Lipinski definition) is 3. The van der Waals surface area contributed by atoms with Crippen LogP contribution in [0.25, 0.3) is 0 Å². The van der Waals surface area contributed by atoms with Gasteiger partial charge in [0.2, 0.25) is 5.91 Å². The van der Waals surface area contributed by atoms with Crippen molar-refractivity contribution in [1.29, 1.82) is 0 Å². The van der Waals surface area contributed by atoms with E-state index in [4.69, 9.17) is 4.74 Å². The average molecular weight is 430 g/mol. The van der Waals surface area contributed by atoms with E-state index in [-0.39, 0.29) is 25.4 Å². The monoisotopic (exact) mass is 430 g/mol. The molecule has 0 fully saturated rings. The first-order valence-electron chi connectivity index (χ1n) is 10.1. The summed E-state index contributed by atoms with van der Waals surface area (Å²) in [5, 5.41) is 14.4. The van der Waals surface area contributed by atoms with Crippen molar-refractivity contribution < 1.29 is 28.6 Å². The summed E-state index contributed by atoms with van der Waals surface area (Å²) in [5.74, 6) is -2.00. The Morgan fingerprint density at radius 3 is 2.42 bits per heavy atom. The van der Waals surface area contributed by atoms with E-state index in [0.717, 1.165) is 5.56 Å². The summed E-state index contributed by atoms with van der Waals surface area (Å²) in [7, 11) is 0. The zero-order valence-corrected chi connectivity index (χ0v) is 17.2. The molecule has 0 aliphatic carbocycles. The Kier molecular flexibility index (Phi) is 10.0. The molecule has 0 heterocycles. The molecule has 0 saturated carbocycles. The number of carbonyl (C=O) groups is 3. The first kappa shape index (κ1) is 23.9. The van der Waals surface area contributed by atoms with Crippen molar-refractivity contribution >= 4 is 18.0 Å². The van der Waals surface area contributed by atoms with Crippen molar-refractivity contribution in [3.05, 3.63) is 71.5 Å². The van der Waals surface area contributed by atoms with Crippen LogP contribution in [0.15, 0.2) is 54.6 Å². The number of alkyl carbamates (subject to hydrolysis) is 1. The second-order valence-corrected chi connectivity index (χ2v) is 7.09.